The molecule has 0 fully saturated rings. The quantitative estimate of drug-likeness (QED) is 0.433. The van der Waals surface area contributed by atoms with Crippen molar-refractivity contribution in [3.05, 3.63) is 35.9 Å². The van der Waals surface area contributed by atoms with Crippen molar-refractivity contribution < 1.29 is 5.21 Å². The first-order valence-electron chi connectivity index (χ1n) is 3.23. The average molecular weight is 185 g/mol. The summed E-state index contributed by atoms with van der Waals surface area (Å²) in [6.07, 6.45) is 1.60. The second-order valence-electron chi connectivity index (χ2n) is 2.14. The molecule has 0 aliphatic carbocycles. The van der Waals surface area contributed by atoms with Crippen molar-refractivity contribution in [3.8, 4) is 6.19 Å². The summed E-state index contributed by atoms with van der Waals surface area (Å²) in [5.74, 6) is 0. The van der Waals surface area contributed by atoms with E-state index in [4.69, 9.17) is 10.5 Å². The van der Waals surface area contributed by atoms with Crippen LogP contribution in [0.5, 0.6) is 0 Å². The van der Waals surface area contributed by atoms with E-state index in [1.165, 1.54) is 0 Å². The molecule has 1 aromatic carbocycles. The van der Waals surface area contributed by atoms with Crippen LogP contribution in [0.3, 0.4) is 0 Å². The summed E-state index contributed by atoms with van der Waals surface area (Å²) in [5.41, 5.74) is 0.913. The lowest BCUT2D eigenvalue weighted by atomic mass is 10.2. The first-order valence-corrected chi connectivity index (χ1v) is 3.23. The Morgan fingerprint density at radius 1 is 1.33 bits per heavy atom. The van der Waals surface area contributed by atoms with Gasteiger partial charge in [-0.05, 0) is 5.56 Å². The summed E-state index contributed by atoms with van der Waals surface area (Å²) in [6, 6.07) is 9.31. The Bertz CT molecular complexity index is 258. The standard InChI is InChI=1S/C8H8N2O.ClH/c9-7-10(11)6-8-4-2-1-3-5-8;/h1-5,11H,6H2;1H. The van der Waals surface area contributed by atoms with Crippen molar-refractivity contribution >= 4 is 12.4 Å². The Morgan fingerprint density at radius 3 is 2.42 bits per heavy atom. The SMILES string of the molecule is Cl.N#CN(O)Cc1ccccc1. The molecule has 0 aliphatic rings. The molecular formula is C8H9ClN2O. The molecule has 0 aromatic heterocycles. The Labute approximate surface area is 77.2 Å². The molecule has 0 radical (unpaired) electrons. The van der Waals surface area contributed by atoms with Gasteiger partial charge in [0, 0.05) is 0 Å². The lowest BCUT2D eigenvalue weighted by Crippen LogP contribution is -2.10. The van der Waals surface area contributed by atoms with Crippen molar-refractivity contribution in [1.82, 2.24) is 5.06 Å². The molecule has 1 rings (SSSR count). The van der Waals surface area contributed by atoms with Crippen LogP contribution < -0.4 is 0 Å². The second-order valence-corrected chi connectivity index (χ2v) is 2.14. The third-order valence-electron chi connectivity index (χ3n) is 1.29. The van der Waals surface area contributed by atoms with E-state index in [1.54, 1.807) is 6.19 Å². The molecule has 1 N–H and O–H groups in total. The van der Waals surface area contributed by atoms with Crippen LogP contribution in [0.25, 0.3) is 0 Å². The monoisotopic (exact) mass is 184 g/mol. The first-order chi connectivity index (χ1) is 5.33. The molecule has 3 nitrogen and oxygen atoms in total. The van der Waals surface area contributed by atoms with Gasteiger partial charge in [-0.3, -0.25) is 5.21 Å². The molecule has 64 valence electrons. The summed E-state index contributed by atoms with van der Waals surface area (Å²) >= 11 is 0. The van der Waals surface area contributed by atoms with E-state index >= 15 is 0 Å². The number of benzene rings is 1. The fourth-order valence-corrected chi connectivity index (χ4v) is 0.792. The lowest BCUT2D eigenvalue weighted by Gasteiger charge is -2.04. The Morgan fingerprint density at radius 2 is 1.92 bits per heavy atom. The number of halogens is 1. The zero-order chi connectivity index (χ0) is 8.10. The normalized spacial score (nSPS) is 8.00. The number of hydrogen-bond acceptors (Lipinski definition) is 3. The van der Waals surface area contributed by atoms with Crippen LogP contribution in [-0.2, 0) is 6.54 Å². The fourth-order valence-electron chi connectivity index (χ4n) is 0.792. The van der Waals surface area contributed by atoms with Crippen LogP contribution >= 0.6 is 12.4 Å². The second kappa shape index (κ2) is 5.42. The van der Waals surface area contributed by atoms with E-state index in [1.807, 2.05) is 30.3 Å². The topological polar surface area (TPSA) is 47.3 Å². The van der Waals surface area contributed by atoms with Crippen LogP contribution in [0.15, 0.2) is 30.3 Å². The van der Waals surface area contributed by atoms with E-state index in [0.717, 1.165) is 5.56 Å². The lowest BCUT2D eigenvalue weighted by molar-refractivity contribution is -0.0389. The zero-order valence-corrected chi connectivity index (χ0v) is 7.16. The summed E-state index contributed by atoms with van der Waals surface area (Å²) in [4.78, 5) is 0. The maximum absolute atomic E-state index is 8.78. The van der Waals surface area contributed by atoms with E-state index in [0.29, 0.717) is 5.06 Å². The fraction of sp³-hybridized carbons (Fsp3) is 0.125. The molecule has 0 heterocycles. The van der Waals surface area contributed by atoms with E-state index in [2.05, 4.69) is 0 Å². The van der Waals surface area contributed by atoms with Crippen molar-refractivity contribution in [2.45, 2.75) is 6.54 Å². The van der Waals surface area contributed by atoms with Crippen molar-refractivity contribution in [2.24, 2.45) is 0 Å². The summed E-state index contributed by atoms with van der Waals surface area (Å²) in [5, 5.41) is 17.6. The smallest absolute Gasteiger partial charge is 0.205 e. The number of nitrogens with zero attached hydrogens (tertiary/aromatic N) is 2. The van der Waals surface area contributed by atoms with Crippen molar-refractivity contribution in [2.75, 3.05) is 0 Å². The number of rotatable bonds is 2. The third-order valence-corrected chi connectivity index (χ3v) is 1.29. The van der Waals surface area contributed by atoms with Crippen molar-refractivity contribution in [1.29, 1.82) is 5.26 Å². The first kappa shape index (κ1) is 10.8. The van der Waals surface area contributed by atoms with Crippen LogP contribution in [0.1, 0.15) is 5.56 Å². The largest absolute Gasteiger partial charge is 0.279 e. The highest BCUT2D eigenvalue weighted by atomic mass is 35.5. The maximum atomic E-state index is 8.78. The minimum Gasteiger partial charge on any atom is -0.279 e. The van der Waals surface area contributed by atoms with Gasteiger partial charge in [0.1, 0.15) is 0 Å². The molecule has 4 heteroatoms. The van der Waals surface area contributed by atoms with Crippen LogP contribution in [-0.4, -0.2) is 10.3 Å². The van der Waals surface area contributed by atoms with Crippen LogP contribution in [0, 0.1) is 11.5 Å². The van der Waals surface area contributed by atoms with Crippen LogP contribution in [0.4, 0.5) is 0 Å². The highest BCUT2D eigenvalue weighted by Gasteiger charge is 1.95. The molecule has 0 bridgehead atoms. The summed E-state index contributed by atoms with van der Waals surface area (Å²) in [6.45, 7) is 0.247. The molecular weight excluding hydrogens is 176 g/mol. The summed E-state index contributed by atoms with van der Waals surface area (Å²) < 4.78 is 0. The third kappa shape index (κ3) is 3.24. The predicted octanol–water partition coefficient (Wildman–Crippen LogP) is 1.78. The van der Waals surface area contributed by atoms with Gasteiger partial charge in [-0.25, -0.2) is 0 Å². The molecule has 0 atom stereocenters. The molecule has 0 amide bonds. The molecule has 0 aliphatic heterocycles. The van der Waals surface area contributed by atoms with Crippen LogP contribution in [0.2, 0.25) is 0 Å². The Hall–Kier alpha value is -1.24. The zero-order valence-electron chi connectivity index (χ0n) is 6.34. The summed E-state index contributed by atoms with van der Waals surface area (Å²) in [7, 11) is 0. The van der Waals surface area contributed by atoms with Crippen molar-refractivity contribution in [3.63, 3.8) is 0 Å². The molecule has 0 spiro atoms. The molecule has 1 aromatic rings. The van der Waals surface area contributed by atoms with Gasteiger partial charge >= 0.3 is 0 Å². The number of hydroxylamine groups is 2. The van der Waals surface area contributed by atoms with E-state index < -0.39 is 0 Å². The van der Waals surface area contributed by atoms with E-state index in [9.17, 15) is 0 Å². The van der Waals surface area contributed by atoms with Gasteiger partial charge < -0.3 is 0 Å². The van der Waals surface area contributed by atoms with Gasteiger partial charge in [-0.2, -0.15) is 10.3 Å². The number of nitriles is 1. The van der Waals surface area contributed by atoms with Gasteiger partial charge in [0.05, 0.1) is 6.54 Å². The molecule has 12 heavy (non-hydrogen) atoms. The van der Waals surface area contributed by atoms with Gasteiger partial charge in [0.2, 0.25) is 6.19 Å². The van der Waals surface area contributed by atoms with Gasteiger partial charge in [0.15, 0.2) is 0 Å². The Balaban J connectivity index is 0.00000121. The molecule has 0 saturated carbocycles. The predicted molar refractivity (Wildman–Crippen MR) is 46.6 cm³/mol. The number of hydrogen-bond donors (Lipinski definition) is 1. The maximum Gasteiger partial charge on any atom is 0.205 e. The van der Waals surface area contributed by atoms with Gasteiger partial charge in [0.25, 0.3) is 0 Å². The minimum atomic E-state index is 0. The highest BCUT2D eigenvalue weighted by molar-refractivity contribution is 5.85. The van der Waals surface area contributed by atoms with Gasteiger partial charge in [-0.1, -0.05) is 30.3 Å². The Kier molecular flexibility index (Phi) is 4.86. The molecule has 0 unspecified atom stereocenters. The van der Waals surface area contributed by atoms with Gasteiger partial charge in [-0.15, -0.1) is 12.4 Å². The average Bonchev–Trinajstić information content (AvgIpc) is 2.06. The van der Waals surface area contributed by atoms with E-state index in [-0.39, 0.29) is 19.0 Å². The highest BCUT2D eigenvalue weighted by Crippen LogP contribution is 2.00. The molecule has 0 saturated heterocycles. The minimum absolute atomic E-state index is 0.